The highest BCUT2D eigenvalue weighted by molar-refractivity contribution is 5.48. The summed E-state index contributed by atoms with van der Waals surface area (Å²) in [5.74, 6) is 1.10. The van der Waals surface area contributed by atoms with Crippen molar-refractivity contribution in [3.05, 3.63) is 53.5 Å². The Labute approximate surface area is 126 Å². The Hall–Kier alpha value is -1.94. The second-order valence-corrected chi connectivity index (χ2v) is 5.82. The van der Waals surface area contributed by atoms with E-state index in [4.69, 9.17) is 0 Å². The third-order valence-electron chi connectivity index (χ3n) is 4.08. The second kappa shape index (κ2) is 6.22. The quantitative estimate of drug-likeness (QED) is 0.863. The Morgan fingerprint density at radius 2 is 1.76 bits per heavy atom. The summed E-state index contributed by atoms with van der Waals surface area (Å²) in [7, 11) is 2.17. The van der Waals surface area contributed by atoms with E-state index < -0.39 is 0 Å². The molecule has 1 aliphatic rings. The van der Waals surface area contributed by atoms with Gasteiger partial charge in [0, 0.05) is 44.4 Å². The molecule has 2 heterocycles. The maximum atomic E-state index is 4.54. The molecule has 0 atom stereocenters. The van der Waals surface area contributed by atoms with Crippen LogP contribution in [0.15, 0.2) is 36.8 Å². The second-order valence-electron chi connectivity index (χ2n) is 5.82. The van der Waals surface area contributed by atoms with Gasteiger partial charge in [-0.2, -0.15) is 0 Å². The lowest BCUT2D eigenvalue weighted by molar-refractivity contribution is 0.312. The number of aromatic nitrogens is 2. The molecule has 0 N–H and O–H groups in total. The molecule has 2 aromatic rings. The molecule has 3 rings (SSSR count). The summed E-state index contributed by atoms with van der Waals surface area (Å²) in [6.45, 7) is 6.37. The van der Waals surface area contributed by atoms with Gasteiger partial charge in [0.15, 0.2) is 0 Å². The number of hydrogen-bond donors (Lipinski definition) is 0. The van der Waals surface area contributed by atoms with Crippen LogP contribution in [0.4, 0.5) is 5.82 Å². The third kappa shape index (κ3) is 3.39. The number of hydrogen-bond acceptors (Lipinski definition) is 4. The van der Waals surface area contributed by atoms with Crippen LogP contribution in [0.1, 0.15) is 16.7 Å². The molecule has 1 aromatic carbocycles. The summed E-state index contributed by atoms with van der Waals surface area (Å²) < 4.78 is 0. The molecule has 4 heteroatoms. The van der Waals surface area contributed by atoms with E-state index in [9.17, 15) is 0 Å². The standard InChI is InChI=1S/C17H22N4/c1-14-3-5-15(6-4-14)11-16-12-18-13-19-17(16)21-9-7-20(2)8-10-21/h3-6,12-13H,7-11H2,1-2H3. The average Bonchev–Trinajstić information content (AvgIpc) is 2.51. The van der Waals surface area contributed by atoms with Crippen LogP contribution in [-0.4, -0.2) is 48.1 Å². The predicted octanol–water partition coefficient (Wildman–Crippen LogP) is 2.13. The first kappa shape index (κ1) is 14.0. The molecule has 0 unspecified atom stereocenters. The van der Waals surface area contributed by atoms with Crippen molar-refractivity contribution in [3.8, 4) is 0 Å². The monoisotopic (exact) mass is 282 g/mol. The van der Waals surface area contributed by atoms with Crippen molar-refractivity contribution < 1.29 is 0 Å². The Balaban J connectivity index is 1.80. The lowest BCUT2D eigenvalue weighted by atomic mass is 10.0. The fraction of sp³-hybridized carbons (Fsp3) is 0.412. The van der Waals surface area contributed by atoms with E-state index in [1.165, 1.54) is 16.7 Å². The van der Waals surface area contributed by atoms with Gasteiger partial charge in [0.2, 0.25) is 0 Å². The molecule has 0 spiro atoms. The first-order chi connectivity index (χ1) is 10.2. The fourth-order valence-electron chi connectivity index (χ4n) is 2.71. The van der Waals surface area contributed by atoms with Gasteiger partial charge in [-0.15, -0.1) is 0 Å². The number of aryl methyl sites for hydroxylation is 1. The van der Waals surface area contributed by atoms with Crippen molar-refractivity contribution in [3.63, 3.8) is 0 Å². The van der Waals surface area contributed by atoms with Gasteiger partial charge < -0.3 is 9.80 Å². The third-order valence-corrected chi connectivity index (χ3v) is 4.08. The average molecular weight is 282 g/mol. The minimum Gasteiger partial charge on any atom is -0.354 e. The SMILES string of the molecule is Cc1ccc(Cc2cncnc2N2CCN(C)CC2)cc1. The molecule has 4 nitrogen and oxygen atoms in total. The van der Waals surface area contributed by atoms with E-state index in [2.05, 4.69) is 58.0 Å². The van der Waals surface area contributed by atoms with E-state index in [1.54, 1.807) is 6.33 Å². The first-order valence-corrected chi connectivity index (χ1v) is 7.50. The predicted molar refractivity (Wildman–Crippen MR) is 85.7 cm³/mol. The maximum Gasteiger partial charge on any atom is 0.135 e. The molecule has 1 saturated heterocycles. The zero-order chi connectivity index (χ0) is 14.7. The van der Waals surface area contributed by atoms with Gasteiger partial charge >= 0.3 is 0 Å². The lowest BCUT2D eigenvalue weighted by Gasteiger charge is -2.34. The highest BCUT2D eigenvalue weighted by Crippen LogP contribution is 2.21. The summed E-state index contributed by atoms with van der Waals surface area (Å²) in [6, 6.07) is 8.70. The Morgan fingerprint density at radius 3 is 2.48 bits per heavy atom. The molecule has 21 heavy (non-hydrogen) atoms. The van der Waals surface area contributed by atoms with Crippen LogP contribution in [0, 0.1) is 6.92 Å². The van der Waals surface area contributed by atoms with E-state index in [1.807, 2.05) is 6.20 Å². The minimum absolute atomic E-state index is 0.892. The highest BCUT2D eigenvalue weighted by Gasteiger charge is 2.18. The number of nitrogens with zero attached hydrogens (tertiary/aromatic N) is 4. The van der Waals surface area contributed by atoms with Gasteiger partial charge in [-0.25, -0.2) is 9.97 Å². The van der Waals surface area contributed by atoms with E-state index in [-0.39, 0.29) is 0 Å². The normalized spacial score (nSPS) is 16.2. The molecule has 0 amide bonds. The fourth-order valence-corrected chi connectivity index (χ4v) is 2.71. The van der Waals surface area contributed by atoms with Crippen molar-refractivity contribution in [2.24, 2.45) is 0 Å². The van der Waals surface area contributed by atoms with Crippen molar-refractivity contribution in [2.45, 2.75) is 13.3 Å². The summed E-state index contributed by atoms with van der Waals surface area (Å²) in [5.41, 5.74) is 3.82. The molecule has 1 aromatic heterocycles. The van der Waals surface area contributed by atoms with Crippen LogP contribution in [0.5, 0.6) is 0 Å². The summed E-state index contributed by atoms with van der Waals surface area (Å²) >= 11 is 0. The number of piperazine rings is 1. The van der Waals surface area contributed by atoms with Gasteiger partial charge in [-0.1, -0.05) is 29.8 Å². The summed E-state index contributed by atoms with van der Waals surface area (Å²) in [6.07, 6.45) is 4.51. The topological polar surface area (TPSA) is 32.3 Å². The Kier molecular flexibility index (Phi) is 4.15. The highest BCUT2D eigenvalue weighted by atomic mass is 15.3. The van der Waals surface area contributed by atoms with E-state index in [0.717, 1.165) is 38.4 Å². The molecular weight excluding hydrogens is 260 g/mol. The van der Waals surface area contributed by atoms with Crippen molar-refractivity contribution in [2.75, 3.05) is 38.1 Å². The smallest absolute Gasteiger partial charge is 0.135 e. The van der Waals surface area contributed by atoms with Gasteiger partial charge in [0.1, 0.15) is 12.1 Å². The van der Waals surface area contributed by atoms with Crippen LogP contribution in [0.3, 0.4) is 0 Å². The zero-order valence-electron chi connectivity index (χ0n) is 12.8. The molecule has 110 valence electrons. The Morgan fingerprint density at radius 1 is 1.05 bits per heavy atom. The summed E-state index contributed by atoms with van der Waals surface area (Å²) in [4.78, 5) is 13.5. The molecule has 0 aliphatic carbocycles. The molecule has 1 aliphatic heterocycles. The largest absolute Gasteiger partial charge is 0.354 e. The van der Waals surface area contributed by atoms with E-state index >= 15 is 0 Å². The first-order valence-electron chi connectivity index (χ1n) is 7.50. The van der Waals surface area contributed by atoms with Gasteiger partial charge in [0.25, 0.3) is 0 Å². The molecule has 0 radical (unpaired) electrons. The van der Waals surface area contributed by atoms with Crippen molar-refractivity contribution in [1.82, 2.24) is 14.9 Å². The molecule has 0 saturated carbocycles. The molecular formula is C17H22N4. The molecule has 1 fully saturated rings. The summed E-state index contributed by atoms with van der Waals surface area (Å²) in [5, 5.41) is 0. The van der Waals surface area contributed by atoms with Gasteiger partial charge in [-0.3, -0.25) is 0 Å². The zero-order valence-corrected chi connectivity index (χ0v) is 12.8. The van der Waals surface area contributed by atoms with Crippen LogP contribution < -0.4 is 4.90 Å². The number of anilines is 1. The van der Waals surface area contributed by atoms with Gasteiger partial charge in [-0.05, 0) is 19.5 Å². The number of benzene rings is 1. The van der Waals surface area contributed by atoms with Crippen LogP contribution in [-0.2, 0) is 6.42 Å². The van der Waals surface area contributed by atoms with Gasteiger partial charge in [0.05, 0.1) is 0 Å². The molecule has 0 bridgehead atoms. The van der Waals surface area contributed by atoms with Crippen LogP contribution in [0.25, 0.3) is 0 Å². The lowest BCUT2D eigenvalue weighted by Crippen LogP contribution is -2.45. The maximum absolute atomic E-state index is 4.54. The van der Waals surface area contributed by atoms with Crippen LogP contribution >= 0.6 is 0 Å². The van der Waals surface area contributed by atoms with Crippen LogP contribution in [0.2, 0.25) is 0 Å². The van der Waals surface area contributed by atoms with Crippen molar-refractivity contribution in [1.29, 1.82) is 0 Å². The number of likely N-dealkylation sites (N-methyl/N-ethyl adjacent to an activating group) is 1. The Bertz CT molecular complexity index is 586. The van der Waals surface area contributed by atoms with E-state index in [0.29, 0.717) is 0 Å². The van der Waals surface area contributed by atoms with Crippen molar-refractivity contribution >= 4 is 5.82 Å². The minimum atomic E-state index is 0.892. The number of rotatable bonds is 3.